The van der Waals surface area contributed by atoms with Crippen molar-refractivity contribution in [2.24, 2.45) is 0 Å². The summed E-state index contributed by atoms with van der Waals surface area (Å²) in [6.45, 7) is 1.96. The van der Waals surface area contributed by atoms with Gasteiger partial charge < -0.3 is 5.32 Å². The van der Waals surface area contributed by atoms with Gasteiger partial charge in [0.25, 0.3) is 0 Å². The van der Waals surface area contributed by atoms with Gasteiger partial charge in [-0.15, -0.1) is 11.3 Å². The number of carbonyl (C=O) groups excluding carboxylic acids is 1. The van der Waals surface area contributed by atoms with Crippen LogP contribution in [0, 0.1) is 6.92 Å². The van der Waals surface area contributed by atoms with Crippen molar-refractivity contribution in [3.63, 3.8) is 0 Å². The number of hydrogen-bond acceptors (Lipinski definition) is 3. The summed E-state index contributed by atoms with van der Waals surface area (Å²) in [5, 5.41) is 3.70. The number of fused-ring (bicyclic) bond motifs is 1. The molecule has 0 bridgehead atoms. The fraction of sp³-hybridized carbons (Fsp3) is 0.0588. The number of carbonyl (C=O) groups is 1. The molecule has 0 unspecified atom stereocenters. The monoisotopic (exact) mass is 372 g/mol. The van der Waals surface area contributed by atoms with Crippen LogP contribution in [-0.4, -0.2) is 10.9 Å². The Kier molecular flexibility index (Phi) is 4.36. The normalized spacial score (nSPS) is 11.2. The van der Waals surface area contributed by atoms with E-state index < -0.39 is 0 Å². The first-order valence-corrected chi connectivity index (χ1v) is 8.33. The number of hydrogen-bond donors (Lipinski definition) is 1. The summed E-state index contributed by atoms with van der Waals surface area (Å²) in [6.07, 6.45) is 3.26. The Balaban J connectivity index is 1.74. The molecular weight excluding hydrogens is 360 g/mol. The van der Waals surface area contributed by atoms with E-state index in [4.69, 9.17) is 0 Å². The lowest BCUT2D eigenvalue weighted by Gasteiger charge is -2.06. The Bertz CT molecular complexity index is 837. The van der Waals surface area contributed by atoms with Gasteiger partial charge in [-0.3, -0.25) is 4.79 Å². The highest BCUT2D eigenvalue weighted by atomic mass is 79.9. The van der Waals surface area contributed by atoms with E-state index in [0.29, 0.717) is 0 Å². The third kappa shape index (κ3) is 3.43. The molecule has 0 radical (unpaired) electrons. The average molecular weight is 373 g/mol. The van der Waals surface area contributed by atoms with E-state index in [-0.39, 0.29) is 5.91 Å². The largest absolute Gasteiger partial charge is 0.322 e. The maximum atomic E-state index is 12.0. The molecule has 1 amide bonds. The van der Waals surface area contributed by atoms with E-state index in [9.17, 15) is 4.79 Å². The van der Waals surface area contributed by atoms with E-state index in [1.54, 1.807) is 17.4 Å². The minimum Gasteiger partial charge on any atom is -0.322 e. The molecule has 0 saturated heterocycles. The maximum absolute atomic E-state index is 12.0. The number of thiazole rings is 1. The van der Waals surface area contributed by atoms with Gasteiger partial charge >= 0.3 is 0 Å². The highest BCUT2D eigenvalue weighted by Gasteiger charge is 2.04. The van der Waals surface area contributed by atoms with Crippen LogP contribution in [0.4, 0.5) is 5.69 Å². The van der Waals surface area contributed by atoms with Gasteiger partial charge in [0.2, 0.25) is 5.91 Å². The van der Waals surface area contributed by atoms with Gasteiger partial charge in [0.1, 0.15) is 5.01 Å². The molecule has 3 aromatic rings. The van der Waals surface area contributed by atoms with E-state index in [0.717, 1.165) is 30.9 Å². The third-order valence-electron chi connectivity index (χ3n) is 3.15. The van der Waals surface area contributed by atoms with Crippen LogP contribution in [0.15, 0.2) is 53.0 Å². The Morgan fingerprint density at radius 2 is 2.09 bits per heavy atom. The predicted molar refractivity (Wildman–Crippen MR) is 96.2 cm³/mol. The fourth-order valence-corrected chi connectivity index (χ4v) is 3.24. The van der Waals surface area contributed by atoms with E-state index in [2.05, 4.69) is 26.2 Å². The number of benzene rings is 2. The number of rotatable bonds is 3. The molecule has 0 aliphatic carbocycles. The standard InChI is InChI=1S/C17H13BrN2OS/c1-11-6-7-12(18)10-14(11)19-16(21)8-9-17-20-13-4-2-3-5-15(13)22-17/h2-10H,1H3,(H,19,21)/b9-8+. The molecule has 1 N–H and O–H groups in total. The SMILES string of the molecule is Cc1ccc(Br)cc1NC(=O)/C=C/c1nc2ccccc2s1. The second-order valence-corrected chi connectivity index (χ2v) is 6.78. The van der Waals surface area contributed by atoms with Crippen LogP contribution >= 0.6 is 27.3 Å². The third-order valence-corrected chi connectivity index (χ3v) is 4.64. The van der Waals surface area contributed by atoms with Crippen LogP contribution in [0.5, 0.6) is 0 Å². The number of aromatic nitrogens is 1. The maximum Gasteiger partial charge on any atom is 0.248 e. The fourth-order valence-electron chi connectivity index (χ4n) is 2.01. The highest BCUT2D eigenvalue weighted by Crippen LogP contribution is 2.23. The first-order valence-electron chi connectivity index (χ1n) is 6.72. The number of para-hydroxylation sites is 1. The summed E-state index contributed by atoms with van der Waals surface area (Å²) in [5.41, 5.74) is 2.77. The molecule has 1 aromatic heterocycles. The molecule has 0 aliphatic rings. The van der Waals surface area contributed by atoms with E-state index in [1.807, 2.05) is 49.4 Å². The molecule has 22 heavy (non-hydrogen) atoms. The van der Waals surface area contributed by atoms with Gasteiger partial charge in [-0.05, 0) is 42.8 Å². The van der Waals surface area contributed by atoms with Crippen LogP contribution < -0.4 is 5.32 Å². The van der Waals surface area contributed by atoms with Crippen molar-refractivity contribution in [3.05, 3.63) is 63.6 Å². The summed E-state index contributed by atoms with van der Waals surface area (Å²) in [6, 6.07) is 13.7. The quantitative estimate of drug-likeness (QED) is 0.655. The molecule has 0 saturated carbocycles. The molecule has 0 atom stereocenters. The first kappa shape index (κ1) is 14.9. The van der Waals surface area contributed by atoms with Gasteiger partial charge in [-0.25, -0.2) is 4.98 Å². The lowest BCUT2D eigenvalue weighted by atomic mass is 10.2. The minimum absolute atomic E-state index is 0.166. The zero-order valence-corrected chi connectivity index (χ0v) is 14.2. The van der Waals surface area contributed by atoms with Gasteiger partial charge in [-0.2, -0.15) is 0 Å². The van der Waals surface area contributed by atoms with Crippen molar-refractivity contribution in [3.8, 4) is 0 Å². The minimum atomic E-state index is -0.166. The second-order valence-electron chi connectivity index (χ2n) is 4.80. The topological polar surface area (TPSA) is 42.0 Å². The smallest absolute Gasteiger partial charge is 0.248 e. The summed E-state index contributed by atoms with van der Waals surface area (Å²) < 4.78 is 2.05. The van der Waals surface area contributed by atoms with E-state index in [1.165, 1.54) is 6.08 Å². The zero-order valence-electron chi connectivity index (χ0n) is 11.8. The van der Waals surface area contributed by atoms with Crippen LogP contribution in [0.1, 0.15) is 10.6 Å². The molecule has 5 heteroatoms. The van der Waals surface area contributed by atoms with Crippen molar-refractivity contribution < 1.29 is 4.79 Å². The molecule has 3 rings (SSSR count). The Labute approximate surface area is 140 Å². The van der Waals surface area contributed by atoms with Crippen LogP contribution in [-0.2, 0) is 4.79 Å². The summed E-state index contributed by atoms with van der Waals surface area (Å²) in [7, 11) is 0. The van der Waals surface area contributed by atoms with Gasteiger partial charge in [0, 0.05) is 16.2 Å². The van der Waals surface area contributed by atoms with Crippen molar-refractivity contribution in [2.75, 3.05) is 5.32 Å². The molecule has 110 valence electrons. The zero-order chi connectivity index (χ0) is 15.5. The second kappa shape index (κ2) is 6.42. The van der Waals surface area contributed by atoms with Crippen LogP contribution in [0.2, 0.25) is 0 Å². The van der Waals surface area contributed by atoms with Gasteiger partial charge in [0.15, 0.2) is 0 Å². The molecule has 0 aliphatic heterocycles. The van der Waals surface area contributed by atoms with Gasteiger partial charge in [0.05, 0.1) is 10.2 Å². The number of halogens is 1. The lowest BCUT2D eigenvalue weighted by Crippen LogP contribution is -2.08. The van der Waals surface area contributed by atoms with Crippen molar-refractivity contribution in [1.29, 1.82) is 0 Å². The van der Waals surface area contributed by atoms with Crippen LogP contribution in [0.3, 0.4) is 0 Å². The number of amides is 1. The van der Waals surface area contributed by atoms with Crippen molar-refractivity contribution in [1.82, 2.24) is 4.98 Å². The lowest BCUT2D eigenvalue weighted by molar-refractivity contribution is -0.111. The van der Waals surface area contributed by atoms with Gasteiger partial charge in [-0.1, -0.05) is 34.1 Å². The Morgan fingerprint density at radius 3 is 2.91 bits per heavy atom. The highest BCUT2D eigenvalue weighted by molar-refractivity contribution is 9.10. The molecule has 1 heterocycles. The Hall–Kier alpha value is -1.98. The number of nitrogens with zero attached hydrogens (tertiary/aromatic N) is 1. The Morgan fingerprint density at radius 1 is 1.27 bits per heavy atom. The molecular formula is C17H13BrN2OS. The van der Waals surface area contributed by atoms with Crippen LogP contribution in [0.25, 0.3) is 16.3 Å². The summed E-state index contributed by atoms with van der Waals surface area (Å²) >= 11 is 4.97. The summed E-state index contributed by atoms with van der Waals surface area (Å²) in [4.78, 5) is 16.5. The average Bonchev–Trinajstić information content (AvgIpc) is 2.92. The predicted octanol–water partition coefficient (Wildman–Crippen LogP) is 5.02. The number of aryl methyl sites for hydroxylation is 1. The van der Waals surface area contributed by atoms with E-state index >= 15 is 0 Å². The molecule has 3 nitrogen and oxygen atoms in total. The molecule has 0 spiro atoms. The number of nitrogens with one attached hydrogen (secondary N) is 1. The first-order chi connectivity index (χ1) is 10.6. The molecule has 2 aromatic carbocycles. The number of anilines is 1. The molecule has 0 fully saturated rings. The van der Waals surface area contributed by atoms with Crippen molar-refractivity contribution >= 4 is 55.2 Å². The van der Waals surface area contributed by atoms with Crippen molar-refractivity contribution in [2.45, 2.75) is 6.92 Å². The summed E-state index contributed by atoms with van der Waals surface area (Å²) in [5.74, 6) is -0.166.